The molecule has 4 nitrogen and oxygen atoms in total. The van der Waals surface area contributed by atoms with Gasteiger partial charge in [-0.3, -0.25) is 4.79 Å². The summed E-state index contributed by atoms with van der Waals surface area (Å²) in [7, 11) is 0. The van der Waals surface area contributed by atoms with Crippen LogP contribution in [-0.4, -0.2) is 40.6 Å². The third kappa shape index (κ3) is 2.16. The summed E-state index contributed by atoms with van der Waals surface area (Å²) in [6.07, 6.45) is 5.26. The highest BCUT2D eigenvalue weighted by Crippen LogP contribution is 2.28. The lowest BCUT2D eigenvalue weighted by atomic mass is 9.81. The van der Waals surface area contributed by atoms with Crippen molar-refractivity contribution in [1.29, 1.82) is 0 Å². The molecule has 1 atom stereocenters. The van der Waals surface area contributed by atoms with Gasteiger partial charge in [-0.05, 0) is 19.3 Å². The normalized spacial score (nSPS) is 30.5. The quantitative estimate of drug-likeness (QED) is 0.654. The number of aliphatic hydroxyl groups is 1. The number of nitrogens with zero attached hydrogens (tertiary/aromatic N) is 1. The summed E-state index contributed by atoms with van der Waals surface area (Å²) in [6.45, 7) is 1.14. The molecule has 86 valence electrons. The number of rotatable bonds is 1. The average molecular weight is 212 g/mol. The van der Waals surface area contributed by atoms with Gasteiger partial charge in [-0.25, -0.2) is 0 Å². The summed E-state index contributed by atoms with van der Waals surface area (Å²) in [5, 5.41) is 9.40. The fourth-order valence-corrected chi connectivity index (χ4v) is 2.64. The van der Waals surface area contributed by atoms with Gasteiger partial charge in [-0.1, -0.05) is 19.3 Å². The SMILES string of the molecule is NC1(C(=O)N2CC[C@H](O)C2)CCCCC1. The molecule has 2 rings (SSSR count). The summed E-state index contributed by atoms with van der Waals surface area (Å²) < 4.78 is 0. The Kier molecular flexibility index (Phi) is 2.98. The molecule has 1 aliphatic heterocycles. The number of aliphatic hydroxyl groups excluding tert-OH is 1. The Labute approximate surface area is 90.4 Å². The molecular weight excluding hydrogens is 192 g/mol. The molecule has 0 spiro atoms. The van der Waals surface area contributed by atoms with Gasteiger partial charge >= 0.3 is 0 Å². The zero-order valence-corrected chi connectivity index (χ0v) is 9.11. The Bertz CT molecular complexity index is 249. The molecule has 3 N–H and O–H groups in total. The van der Waals surface area contributed by atoms with Gasteiger partial charge in [0.1, 0.15) is 0 Å². The number of amides is 1. The molecule has 0 aromatic rings. The van der Waals surface area contributed by atoms with Crippen LogP contribution in [0.25, 0.3) is 0 Å². The highest BCUT2D eigenvalue weighted by atomic mass is 16.3. The molecule has 0 aromatic heterocycles. The van der Waals surface area contributed by atoms with Gasteiger partial charge < -0.3 is 15.7 Å². The first-order chi connectivity index (χ1) is 7.12. The zero-order chi connectivity index (χ0) is 10.9. The van der Waals surface area contributed by atoms with E-state index in [-0.39, 0.29) is 12.0 Å². The van der Waals surface area contributed by atoms with Crippen molar-refractivity contribution in [3.05, 3.63) is 0 Å². The minimum absolute atomic E-state index is 0.0544. The Hall–Kier alpha value is -0.610. The second-order valence-electron chi connectivity index (χ2n) is 4.91. The van der Waals surface area contributed by atoms with Crippen LogP contribution in [0, 0.1) is 0 Å². The minimum Gasteiger partial charge on any atom is -0.391 e. The summed E-state index contributed by atoms with van der Waals surface area (Å²) >= 11 is 0. The second-order valence-corrected chi connectivity index (χ2v) is 4.91. The lowest BCUT2D eigenvalue weighted by Crippen LogP contribution is -2.55. The zero-order valence-electron chi connectivity index (χ0n) is 9.11. The Balaban J connectivity index is 1.99. The van der Waals surface area contributed by atoms with E-state index in [0.717, 1.165) is 25.7 Å². The largest absolute Gasteiger partial charge is 0.391 e. The number of hydrogen-bond acceptors (Lipinski definition) is 3. The molecule has 2 fully saturated rings. The summed E-state index contributed by atoms with van der Waals surface area (Å²) in [5.74, 6) is 0.0544. The van der Waals surface area contributed by atoms with Gasteiger partial charge in [0.15, 0.2) is 0 Å². The molecule has 0 unspecified atom stereocenters. The molecule has 0 bridgehead atoms. The van der Waals surface area contributed by atoms with E-state index in [1.165, 1.54) is 6.42 Å². The first-order valence-corrected chi connectivity index (χ1v) is 5.88. The maximum Gasteiger partial charge on any atom is 0.242 e. The molecule has 15 heavy (non-hydrogen) atoms. The highest BCUT2D eigenvalue weighted by Gasteiger charge is 2.40. The van der Waals surface area contributed by atoms with Crippen LogP contribution >= 0.6 is 0 Å². The predicted octanol–water partition coefficient (Wildman–Crippen LogP) is 0.241. The van der Waals surface area contributed by atoms with Crippen LogP contribution < -0.4 is 5.73 Å². The fraction of sp³-hybridized carbons (Fsp3) is 0.909. The molecule has 1 saturated heterocycles. The van der Waals surface area contributed by atoms with E-state index in [2.05, 4.69) is 0 Å². The van der Waals surface area contributed by atoms with E-state index in [1.807, 2.05) is 0 Å². The summed E-state index contributed by atoms with van der Waals surface area (Å²) in [5.41, 5.74) is 5.52. The van der Waals surface area contributed by atoms with E-state index >= 15 is 0 Å². The molecular formula is C11H20N2O2. The monoisotopic (exact) mass is 212 g/mol. The van der Waals surface area contributed by atoms with Crippen molar-refractivity contribution < 1.29 is 9.90 Å². The Morgan fingerprint density at radius 3 is 2.53 bits per heavy atom. The van der Waals surface area contributed by atoms with Crippen LogP contribution in [0.2, 0.25) is 0 Å². The van der Waals surface area contributed by atoms with Gasteiger partial charge in [-0.2, -0.15) is 0 Å². The topological polar surface area (TPSA) is 66.6 Å². The smallest absolute Gasteiger partial charge is 0.242 e. The molecule has 1 saturated carbocycles. The van der Waals surface area contributed by atoms with Gasteiger partial charge in [0.2, 0.25) is 5.91 Å². The van der Waals surface area contributed by atoms with Crippen LogP contribution in [-0.2, 0) is 4.79 Å². The second kappa shape index (κ2) is 4.10. The van der Waals surface area contributed by atoms with Crippen LogP contribution in [0.4, 0.5) is 0 Å². The maximum absolute atomic E-state index is 12.2. The molecule has 0 radical (unpaired) electrons. The minimum atomic E-state index is -0.637. The van der Waals surface area contributed by atoms with Crippen molar-refractivity contribution in [1.82, 2.24) is 4.90 Å². The molecule has 1 heterocycles. The van der Waals surface area contributed by atoms with Crippen molar-refractivity contribution in [2.24, 2.45) is 5.73 Å². The summed E-state index contributed by atoms with van der Waals surface area (Å²) in [6, 6.07) is 0. The van der Waals surface area contributed by atoms with E-state index in [9.17, 15) is 9.90 Å². The van der Waals surface area contributed by atoms with Crippen LogP contribution in [0.3, 0.4) is 0 Å². The Morgan fingerprint density at radius 1 is 1.33 bits per heavy atom. The Morgan fingerprint density at radius 2 is 2.00 bits per heavy atom. The van der Waals surface area contributed by atoms with Crippen LogP contribution in [0.15, 0.2) is 0 Å². The third-order valence-electron chi connectivity index (χ3n) is 3.62. The number of carbonyl (C=O) groups is 1. The first kappa shape index (κ1) is 10.9. The number of hydrogen-bond donors (Lipinski definition) is 2. The van der Waals surface area contributed by atoms with Gasteiger partial charge in [0.25, 0.3) is 0 Å². The van der Waals surface area contributed by atoms with Crippen molar-refractivity contribution in [3.63, 3.8) is 0 Å². The van der Waals surface area contributed by atoms with Crippen molar-refractivity contribution >= 4 is 5.91 Å². The standard InChI is InChI=1S/C11H20N2O2/c12-11(5-2-1-3-6-11)10(15)13-7-4-9(14)8-13/h9,14H,1-8,12H2/t9-/m0/s1. The maximum atomic E-state index is 12.2. The lowest BCUT2D eigenvalue weighted by molar-refractivity contribution is -0.137. The van der Waals surface area contributed by atoms with Gasteiger partial charge in [0.05, 0.1) is 11.6 Å². The summed E-state index contributed by atoms with van der Waals surface area (Å²) in [4.78, 5) is 13.9. The number of nitrogens with two attached hydrogens (primary N) is 1. The van der Waals surface area contributed by atoms with Gasteiger partial charge in [0, 0.05) is 13.1 Å². The third-order valence-corrected chi connectivity index (χ3v) is 3.62. The molecule has 4 heteroatoms. The van der Waals surface area contributed by atoms with Crippen molar-refractivity contribution in [2.45, 2.75) is 50.2 Å². The van der Waals surface area contributed by atoms with E-state index in [4.69, 9.17) is 5.73 Å². The number of carbonyl (C=O) groups excluding carboxylic acids is 1. The first-order valence-electron chi connectivity index (χ1n) is 5.88. The highest BCUT2D eigenvalue weighted by molar-refractivity contribution is 5.86. The predicted molar refractivity (Wildman–Crippen MR) is 57.2 cm³/mol. The molecule has 1 aliphatic carbocycles. The number of likely N-dealkylation sites (tertiary alicyclic amines) is 1. The average Bonchev–Trinajstić information content (AvgIpc) is 2.65. The van der Waals surface area contributed by atoms with Crippen molar-refractivity contribution in [2.75, 3.05) is 13.1 Å². The number of β-amino-alcohol motifs (C(OH)–C–C–N with tert-alkyl or cyclic N) is 1. The molecule has 1 amide bonds. The molecule has 2 aliphatic rings. The van der Waals surface area contributed by atoms with Crippen LogP contribution in [0.5, 0.6) is 0 Å². The van der Waals surface area contributed by atoms with E-state index in [0.29, 0.717) is 19.5 Å². The van der Waals surface area contributed by atoms with Crippen molar-refractivity contribution in [3.8, 4) is 0 Å². The fourth-order valence-electron chi connectivity index (χ4n) is 2.64. The lowest BCUT2D eigenvalue weighted by Gasteiger charge is -2.35. The van der Waals surface area contributed by atoms with E-state index in [1.54, 1.807) is 4.90 Å². The van der Waals surface area contributed by atoms with Crippen LogP contribution in [0.1, 0.15) is 38.5 Å². The van der Waals surface area contributed by atoms with Gasteiger partial charge in [-0.15, -0.1) is 0 Å². The van der Waals surface area contributed by atoms with E-state index < -0.39 is 5.54 Å². The molecule has 0 aromatic carbocycles.